The van der Waals surface area contributed by atoms with Crippen LogP contribution in [-0.2, 0) is 11.3 Å². The number of hydrogen-bond donors (Lipinski definition) is 1. The third-order valence-corrected chi connectivity index (χ3v) is 6.39. The van der Waals surface area contributed by atoms with E-state index in [-0.39, 0.29) is 6.10 Å². The van der Waals surface area contributed by atoms with Gasteiger partial charge in [-0.2, -0.15) is 0 Å². The highest BCUT2D eigenvalue weighted by molar-refractivity contribution is 7.80. The van der Waals surface area contributed by atoms with E-state index in [2.05, 4.69) is 10.2 Å². The summed E-state index contributed by atoms with van der Waals surface area (Å²) in [6.07, 6.45) is 11.5. The topological polar surface area (TPSA) is 43.0 Å². The quantitative estimate of drug-likeness (QED) is 0.647. The number of methoxy groups -OCH3 is 2. The summed E-state index contributed by atoms with van der Waals surface area (Å²) in [5, 5.41) is 4.51. The molecule has 1 saturated heterocycles. The number of thiocarbonyl (C=S) groups is 1. The van der Waals surface area contributed by atoms with Gasteiger partial charge in [0, 0.05) is 31.3 Å². The molecule has 1 atom stereocenters. The van der Waals surface area contributed by atoms with Gasteiger partial charge < -0.3 is 24.4 Å². The van der Waals surface area contributed by atoms with E-state index < -0.39 is 0 Å². The number of ether oxygens (including phenoxy) is 3. The molecule has 6 heteroatoms. The first-order valence-electron chi connectivity index (χ1n) is 11.1. The van der Waals surface area contributed by atoms with Crippen LogP contribution in [0.1, 0.15) is 63.4 Å². The molecular weight excluding hydrogens is 384 g/mol. The van der Waals surface area contributed by atoms with Gasteiger partial charge in [0.25, 0.3) is 0 Å². The predicted molar refractivity (Wildman–Crippen MR) is 121 cm³/mol. The molecule has 0 spiro atoms. The second-order valence-electron chi connectivity index (χ2n) is 8.18. The van der Waals surface area contributed by atoms with Gasteiger partial charge in [-0.25, -0.2) is 0 Å². The lowest BCUT2D eigenvalue weighted by atomic mass is 9.97. The Hall–Kier alpha value is -1.53. The minimum atomic E-state index is 0.240. The minimum Gasteiger partial charge on any atom is -0.497 e. The molecule has 0 bridgehead atoms. The number of nitrogens with zero attached hydrogens (tertiary/aromatic N) is 1. The lowest BCUT2D eigenvalue weighted by Gasteiger charge is -2.32. The summed E-state index contributed by atoms with van der Waals surface area (Å²) in [7, 11) is 3.40. The van der Waals surface area contributed by atoms with Crippen LogP contribution in [0.25, 0.3) is 0 Å². The van der Waals surface area contributed by atoms with Crippen LogP contribution < -0.4 is 14.8 Å². The van der Waals surface area contributed by atoms with Crippen molar-refractivity contribution in [2.45, 2.75) is 76.5 Å². The zero-order valence-electron chi connectivity index (χ0n) is 18.0. The smallest absolute Gasteiger partial charge is 0.169 e. The molecule has 0 radical (unpaired) electrons. The van der Waals surface area contributed by atoms with Gasteiger partial charge in [0.05, 0.1) is 20.3 Å². The van der Waals surface area contributed by atoms with E-state index in [1.54, 1.807) is 14.2 Å². The van der Waals surface area contributed by atoms with Crippen molar-refractivity contribution in [1.82, 2.24) is 10.2 Å². The maximum absolute atomic E-state index is 5.91. The normalized spacial score (nSPS) is 20.6. The van der Waals surface area contributed by atoms with Gasteiger partial charge in [-0.15, -0.1) is 0 Å². The van der Waals surface area contributed by atoms with Gasteiger partial charge in [0.1, 0.15) is 11.5 Å². The van der Waals surface area contributed by atoms with E-state index in [4.69, 9.17) is 26.4 Å². The lowest BCUT2D eigenvalue weighted by Crippen LogP contribution is -2.47. The second kappa shape index (κ2) is 11.6. The monoisotopic (exact) mass is 420 g/mol. The van der Waals surface area contributed by atoms with Crippen molar-refractivity contribution < 1.29 is 14.2 Å². The van der Waals surface area contributed by atoms with Gasteiger partial charge in [0.15, 0.2) is 5.11 Å². The maximum atomic E-state index is 5.91. The van der Waals surface area contributed by atoms with E-state index in [9.17, 15) is 0 Å². The van der Waals surface area contributed by atoms with Crippen LogP contribution in [0.4, 0.5) is 0 Å². The molecule has 1 aromatic rings. The first kappa shape index (κ1) is 22.2. The first-order chi connectivity index (χ1) is 14.2. The van der Waals surface area contributed by atoms with Crippen LogP contribution in [-0.4, -0.2) is 49.5 Å². The van der Waals surface area contributed by atoms with Crippen molar-refractivity contribution in [3.8, 4) is 11.5 Å². The minimum absolute atomic E-state index is 0.240. The summed E-state index contributed by atoms with van der Waals surface area (Å²) in [5.41, 5.74) is 1.08. The van der Waals surface area contributed by atoms with Crippen LogP contribution >= 0.6 is 12.2 Å². The van der Waals surface area contributed by atoms with Crippen LogP contribution in [0, 0.1) is 0 Å². The van der Waals surface area contributed by atoms with Crippen molar-refractivity contribution >= 4 is 17.3 Å². The second-order valence-corrected chi connectivity index (χ2v) is 8.57. The van der Waals surface area contributed by atoms with E-state index in [1.165, 1.54) is 44.9 Å². The molecule has 1 aromatic carbocycles. The molecule has 0 amide bonds. The summed E-state index contributed by atoms with van der Waals surface area (Å²) in [5.74, 6) is 1.69. The van der Waals surface area contributed by atoms with Crippen molar-refractivity contribution in [1.29, 1.82) is 0 Å². The summed E-state index contributed by atoms with van der Waals surface area (Å²) in [6.45, 7) is 2.33. The van der Waals surface area contributed by atoms with E-state index in [0.29, 0.717) is 12.6 Å². The van der Waals surface area contributed by atoms with Gasteiger partial charge in [-0.05, 0) is 56.1 Å². The molecule has 2 aliphatic rings. The maximum Gasteiger partial charge on any atom is 0.169 e. The molecule has 5 nitrogen and oxygen atoms in total. The molecule has 1 aliphatic heterocycles. The van der Waals surface area contributed by atoms with E-state index in [0.717, 1.165) is 48.2 Å². The standard InChI is InChI=1S/C23H36N2O3S/c1-26-20-12-13-22(27-2)18(15-20)16-25(17-21-11-8-14-28-21)23(29)24-19-9-6-4-3-5-7-10-19/h12-13,15,19,21H,3-11,14,16-17H2,1-2H3,(H,24,29). The van der Waals surface area contributed by atoms with Crippen LogP contribution in [0.5, 0.6) is 11.5 Å². The van der Waals surface area contributed by atoms with Crippen molar-refractivity contribution in [3.05, 3.63) is 23.8 Å². The highest BCUT2D eigenvalue weighted by Crippen LogP contribution is 2.26. The molecule has 1 N–H and O–H groups in total. The molecule has 2 fully saturated rings. The fraction of sp³-hybridized carbons (Fsp3) is 0.696. The van der Waals surface area contributed by atoms with Crippen LogP contribution in [0.2, 0.25) is 0 Å². The summed E-state index contributed by atoms with van der Waals surface area (Å²) in [4.78, 5) is 2.25. The zero-order valence-corrected chi connectivity index (χ0v) is 18.8. The third kappa shape index (κ3) is 6.75. The summed E-state index contributed by atoms with van der Waals surface area (Å²) in [6, 6.07) is 6.41. The Morgan fingerprint density at radius 2 is 1.83 bits per heavy atom. The highest BCUT2D eigenvalue weighted by Gasteiger charge is 2.23. The number of hydrogen-bond acceptors (Lipinski definition) is 4. The zero-order chi connectivity index (χ0) is 20.5. The number of rotatable bonds is 7. The fourth-order valence-electron chi connectivity index (χ4n) is 4.33. The average Bonchev–Trinajstić information content (AvgIpc) is 3.22. The van der Waals surface area contributed by atoms with E-state index >= 15 is 0 Å². The summed E-state index contributed by atoms with van der Waals surface area (Å²) >= 11 is 5.90. The molecule has 1 heterocycles. The fourth-order valence-corrected chi connectivity index (χ4v) is 4.64. The van der Waals surface area contributed by atoms with Gasteiger partial charge in [0.2, 0.25) is 0 Å². The largest absolute Gasteiger partial charge is 0.497 e. The highest BCUT2D eigenvalue weighted by atomic mass is 32.1. The Bertz CT molecular complexity index is 641. The van der Waals surface area contributed by atoms with Crippen molar-refractivity contribution in [3.63, 3.8) is 0 Å². The Morgan fingerprint density at radius 3 is 2.48 bits per heavy atom. The van der Waals surface area contributed by atoms with E-state index in [1.807, 2.05) is 18.2 Å². The Kier molecular flexibility index (Phi) is 8.87. The number of nitrogens with one attached hydrogen (secondary N) is 1. The molecule has 1 aliphatic carbocycles. The SMILES string of the molecule is COc1ccc(OC)c(CN(CC2CCCO2)C(=S)NC2CCCCCCC2)c1. The average molecular weight is 421 g/mol. The molecule has 1 saturated carbocycles. The number of benzene rings is 1. The lowest BCUT2D eigenvalue weighted by molar-refractivity contribution is 0.0893. The molecule has 3 rings (SSSR count). The van der Waals surface area contributed by atoms with Gasteiger partial charge in [-0.3, -0.25) is 0 Å². The Balaban J connectivity index is 1.72. The van der Waals surface area contributed by atoms with Crippen molar-refractivity contribution in [2.24, 2.45) is 0 Å². The van der Waals surface area contributed by atoms with Gasteiger partial charge >= 0.3 is 0 Å². The molecule has 162 valence electrons. The Morgan fingerprint density at radius 1 is 1.07 bits per heavy atom. The third-order valence-electron chi connectivity index (χ3n) is 6.02. The van der Waals surface area contributed by atoms with Crippen LogP contribution in [0.15, 0.2) is 18.2 Å². The first-order valence-corrected chi connectivity index (χ1v) is 11.5. The Labute approximate surface area is 181 Å². The van der Waals surface area contributed by atoms with Gasteiger partial charge in [-0.1, -0.05) is 32.1 Å². The molecule has 1 unspecified atom stereocenters. The summed E-state index contributed by atoms with van der Waals surface area (Å²) < 4.78 is 16.9. The molecule has 0 aromatic heterocycles. The molecular formula is C23H36N2O3S. The van der Waals surface area contributed by atoms with Crippen LogP contribution in [0.3, 0.4) is 0 Å². The molecule has 29 heavy (non-hydrogen) atoms. The van der Waals surface area contributed by atoms with Crippen molar-refractivity contribution in [2.75, 3.05) is 27.4 Å². The predicted octanol–water partition coefficient (Wildman–Crippen LogP) is 4.67.